The molecule has 1 amide bonds. The molecule has 0 saturated carbocycles. The Kier molecular flexibility index (Phi) is 7.34. The fraction of sp³-hybridized carbons (Fsp3) is 0.269. The summed E-state index contributed by atoms with van der Waals surface area (Å²) < 4.78 is 54.5. The van der Waals surface area contributed by atoms with E-state index in [0.717, 1.165) is 23.3 Å². The molecule has 8 heteroatoms. The molecule has 0 radical (unpaired) electrons. The maximum atomic E-state index is 14.6. The second-order valence-electron chi connectivity index (χ2n) is 8.52. The van der Waals surface area contributed by atoms with Crippen LogP contribution in [0.5, 0.6) is 0 Å². The van der Waals surface area contributed by atoms with Crippen molar-refractivity contribution in [3.8, 4) is 11.1 Å². The molecular weight excluding hydrogens is 489 g/mol. The van der Waals surface area contributed by atoms with Crippen LogP contribution in [0.2, 0.25) is 0 Å². The molecule has 180 valence electrons. The standard InChI is InChI=1S/C26H23Cl2F4NO/c1-14-5-9-18(21(29)11-14)19-13-17(8-6-15(19)2)33-24(34)23(25(3,27)28)16-7-10-20(22(30)12-16)26(4,31)32/h5-13,23H,1-4H3,(H,33,34). The highest BCUT2D eigenvalue weighted by Gasteiger charge is 2.39. The Morgan fingerprint density at radius 3 is 2.12 bits per heavy atom. The van der Waals surface area contributed by atoms with Crippen molar-refractivity contribution >= 4 is 34.8 Å². The van der Waals surface area contributed by atoms with Gasteiger partial charge in [-0.2, -0.15) is 0 Å². The van der Waals surface area contributed by atoms with Crippen LogP contribution in [0.15, 0.2) is 54.6 Å². The van der Waals surface area contributed by atoms with Gasteiger partial charge in [-0.15, -0.1) is 23.2 Å². The van der Waals surface area contributed by atoms with E-state index >= 15 is 0 Å². The Labute approximate surface area is 205 Å². The van der Waals surface area contributed by atoms with E-state index in [9.17, 15) is 22.4 Å². The Bertz CT molecular complexity index is 1230. The second kappa shape index (κ2) is 9.59. The maximum absolute atomic E-state index is 14.6. The summed E-state index contributed by atoms with van der Waals surface area (Å²) in [6, 6.07) is 12.8. The van der Waals surface area contributed by atoms with Crippen LogP contribution in [0.25, 0.3) is 11.1 Å². The molecule has 2 nitrogen and oxygen atoms in total. The number of nitrogens with one attached hydrogen (secondary N) is 1. The zero-order valence-corrected chi connectivity index (χ0v) is 20.5. The number of carbonyl (C=O) groups excluding carboxylic acids is 1. The molecule has 3 rings (SSSR count). The van der Waals surface area contributed by atoms with Gasteiger partial charge in [-0.3, -0.25) is 4.79 Å². The van der Waals surface area contributed by atoms with E-state index in [1.54, 1.807) is 37.3 Å². The number of rotatable bonds is 6. The number of halogens is 6. The van der Waals surface area contributed by atoms with Crippen LogP contribution < -0.4 is 5.32 Å². The van der Waals surface area contributed by atoms with Gasteiger partial charge >= 0.3 is 0 Å². The first-order chi connectivity index (χ1) is 15.7. The Morgan fingerprint density at radius 2 is 1.56 bits per heavy atom. The third-order valence-corrected chi connectivity index (χ3v) is 5.92. The largest absolute Gasteiger partial charge is 0.325 e. The van der Waals surface area contributed by atoms with Gasteiger partial charge in [0.2, 0.25) is 5.91 Å². The average molecular weight is 512 g/mol. The predicted molar refractivity (Wildman–Crippen MR) is 129 cm³/mol. The van der Waals surface area contributed by atoms with E-state index < -0.39 is 39.3 Å². The summed E-state index contributed by atoms with van der Waals surface area (Å²) >= 11 is 12.5. The number of hydrogen-bond acceptors (Lipinski definition) is 1. The van der Waals surface area contributed by atoms with Gasteiger partial charge in [0.25, 0.3) is 5.92 Å². The number of carbonyl (C=O) groups is 1. The highest BCUT2D eigenvalue weighted by Crippen LogP contribution is 2.40. The summed E-state index contributed by atoms with van der Waals surface area (Å²) in [5.41, 5.74) is 2.08. The third kappa shape index (κ3) is 5.73. The number of benzene rings is 3. The zero-order valence-electron chi connectivity index (χ0n) is 18.9. The molecule has 0 saturated heterocycles. The van der Waals surface area contributed by atoms with E-state index in [4.69, 9.17) is 23.2 Å². The molecule has 0 bridgehead atoms. The summed E-state index contributed by atoms with van der Waals surface area (Å²) in [5, 5.41) is 2.68. The second-order valence-corrected chi connectivity index (χ2v) is 10.3. The minimum absolute atomic E-state index is 0.0346. The van der Waals surface area contributed by atoms with Crippen molar-refractivity contribution in [3.05, 3.63) is 88.5 Å². The fourth-order valence-electron chi connectivity index (χ4n) is 3.78. The molecule has 3 aromatic carbocycles. The molecule has 0 aliphatic rings. The first kappa shape index (κ1) is 26.0. The summed E-state index contributed by atoms with van der Waals surface area (Å²) in [5.74, 6) is -6.93. The van der Waals surface area contributed by atoms with Gasteiger partial charge in [-0.25, -0.2) is 17.6 Å². The van der Waals surface area contributed by atoms with E-state index in [1.807, 2.05) is 6.92 Å². The summed E-state index contributed by atoms with van der Waals surface area (Å²) in [6.07, 6.45) is 0. The van der Waals surface area contributed by atoms with Crippen LogP contribution in [0.1, 0.15) is 42.0 Å². The first-order valence-corrected chi connectivity index (χ1v) is 11.2. The van der Waals surface area contributed by atoms with Crippen molar-refractivity contribution in [1.29, 1.82) is 0 Å². The Morgan fingerprint density at radius 1 is 0.882 bits per heavy atom. The van der Waals surface area contributed by atoms with Crippen molar-refractivity contribution < 1.29 is 22.4 Å². The highest BCUT2D eigenvalue weighted by atomic mass is 35.5. The number of amides is 1. The number of alkyl halides is 4. The summed E-state index contributed by atoms with van der Waals surface area (Å²) in [7, 11) is 0. The number of anilines is 1. The molecule has 1 atom stereocenters. The van der Waals surface area contributed by atoms with Crippen molar-refractivity contribution in [1.82, 2.24) is 0 Å². The van der Waals surface area contributed by atoms with Gasteiger partial charge in [0.1, 0.15) is 16.0 Å². The molecule has 0 aromatic heterocycles. The fourth-order valence-corrected chi connectivity index (χ4v) is 4.23. The average Bonchev–Trinajstić information content (AvgIpc) is 2.68. The number of aryl methyl sites for hydroxylation is 2. The van der Waals surface area contributed by atoms with Crippen molar-refractivity contribution in [2.75, 3.05) is 5.32 Å². The summed E-state index contributed by atoms with van der Waals surface area (Å²) in [6.45, 7) is 5.52. The SMILES string of the molecule is Cc1ccc(-c2cc(NC(=O)C(c3ccc(C(C)(F)F)c(F)c3)C(C)(Cl)Cl)ccc2C)c(F)c1. The smallest absolute Gasteiger partial charge is 0.273 e. The molecular formula is C26H23Cl2F4NO. The molecule has 3 aromatic rings. The molecule has 0 spiro atoms. The molecule has 0 heterocycles. The highest BCUT2D eigenvalue weighted by molar-refractivity contribution is 6.50. The van der Waals surface area contributed by atoms with E-state index in [2.05, 4.69) is 5.32 Å². The molecule has 0 fully saturated rings. The quantitative estimate of drug-likeness (QED) is 0.261. The van der Waals surface area contributed by atoms with Gasteiger partial charge in [-0.1, -0.05) is 24.3 Å². The summed E-state index contributed by atoms with van der Waals surface area (Å²) in [4.78, 5) is 13.2. The van der Waals surface area contributed by atoms with E-state index in [1.165, 1.54) is 19.1 Å². The van der Waals surface area contributed by atoms with Gasteiger partial charge in [0.05, 0.1) is 11.5 Å². The first-order valence-electron chi connectivity index (χ1n) is 10.4. The van der Waals surface area contributed by atoms with Crippen molar-refractivity contribution in [2.45, 2.75) is 43.9 Å². The van der Waals surface area contributed by atoms with Crippen LogP contribution in [0.4, 0.5) is 23.2 Å². The Hall–Kier alpha value is -2.57. The monoisotopic (exact) mass is 511 g/mol. The molecule has 0 aliphatic carbocycles. The van der Waals surface area contributed by atoms with Gasteiger partial charge < -0.3 is 5.32 Å². The van der Waals surface area contributed by atoms with E-state index in [-0.39, 0.29) is 5.56 Å². The van der Waals surface area contributed by atoms with Crippen molar-refractivity contribution in [3.63, 3.8) is 0 Å². The van der Waals surface area contributed by atoms with Crippen LogP contribution in [-0.4, -0.2) is 10.2 Å². The van der Waals surface area contributed by atoms with Crippen LogP contribution in [0, 0.1) is 25.5 Å². The minimum Gasteiger partial charge on any atom is -0.325 e. The third-order valence-electron chi connectivity index (χ3n) is 5.49. The minimum atomic E-state index is -3.39. The molecule has 34 heavy (non-hydrogen) atoms. The van der Waals surface area contributed by atoms with E-state index in [0.29, 0.717) is 23.7 Å². The zero-order chi connectivity index (χ0) is 25.4. The van der Waals surface area contributed by atoms with Crippen LogP contribution >= 0.6 is 23.2 Å². The van der Waals surface area contributed by atoms with Crippen LogP contribution in [0.3, 0.4) is 0 Å². The van der Waals surface area contributed by atoms with Crippen LogP contribution in [-0.2, 0) is 10.7 Å². The number of hydrogen-bond donors (Lipinski definition) is 1. The lowest BCUT2D eigenvalue weighted by molar-refractivity contribution is -0.117. The topological polar surface area (TPSA) is 29.1 Å². The lowest BCUT2D eigenvalue weighted by atomic mass is 9.92. The predicted octanol–water partition coefficient (Wildman–Crippen LogP) is 8.28. The maximum Gasteiger partial charge on any atom is 0.273 e. The molecule has 0 aliphatic heterocycles. The Balaban J connectivity index is 1.97. The van der Waals surface area contributed by atoms with Gasteiger partial charge in [-0.05, 0) is 73.4 Å². The molecule has 1 N–H and O–H groups in total. The molecule has 1 unspecified atom stereocenters. The van der Waals surface area contributed by atoms with Gasteiger partial charge in [0, 0.05) is 18.2 Å². The van der Waals surface area contributed by atoms with Crippen molar-refractivity contribution in [2.24, 2.45) is 0 Å². The lowest BCUT2D eigenvalue weighted by Crippen LogP contribution is -2.32. The lowest BCUT2D eigenvalue weighted by Gasteiger charge is -2.26. The normalized spacial score (nSPS) is 13.0. The van der Waals surface area contributed by atoms with Gasteiger partial charge in [0.15, 0.2) is 0 Å².